The molecule has 0 bridgehead atoms. The molecule has 3 aliphatic heterocycles. The van der Waals surface area contributed by atoms with E-state index in [4.69, 9.17) is 28.4 Å². The molecule has 17 unspecified atom stereocenters. The lowest BCUT2D eigenvalue weighted by Gasteiger charge is -2.48. The number of hydrogen-bond donors (Lipinski definition) is 12. The molecule has 19 heteroatoms. The summed E-state index contributed by atoms with van der Waals surface area (Å²) in [6.45, 7) is 1.63. The zero-order valence-electron chi connectivity index (χ0n) is 56.3. The van der Waals surface area contributed by atoms with E-state index in [9.17, 15) is 61.0 Å². The minimum Gasteiger partial charge on any atom is -0.394 e. The van der Waals surface area contributed by atoms with E-state index in [-0.39, 0.29) is 18.9 Å². The summed E-state index contributed by atoms with van der Waals surface area (Å²) in [6, 6.07) is -0.994. The summed E-state index contributed by atoms with van der Waals surface area (Å²) in [5.41, 5.74) is 0. The van der Waals surface area contributed by atoms with Gasteiger partial charge in [-0.25, -0.2) is 0 Å². The van der Waals surface area contributed by atoms with E-state index >= 15 is 0 Å². The molecule has 3 fully saturated rings. The van der Waals surface area contributed by atoms with Crippen molar-refractivity contribution in [1.29, 1.82) is 0 Å². The second kappa shape index (κ2) is 53.8. The average molecular weight is 1300 g/mol. The number of nitrogens with one attached hydrogen (secondary N) is 1. The summed E-state index contributed by atoms with van der Waals surface area (Å²) < 4.78 is 34.3. The third kappa shape index (κ3) is 35.5. The maximum absolute atomic E-state index is 13.4. The highest BCUT2D eigenvalue weighted by atomic mass is 16.8. The third-order valence-electron chi connectivity index (χ3n) is 18.1. The molecule has 0 aromatic rings. The van der Waals surface area contributed by atoms with Gasteiger partial charge in [0.15, 0.2) is 18.9 Å². The SMILES string of the molecule is CCC/C=C/CC/C=C/CC/C=C/C(O)C(COC1OC(CO)C(OC2OC(CO)C(OC3OC(CO)C(O)C(O)C3O)C(O)C2O)C(O)C1O)NC(=O)CCCCCCCCCCCCCCCCCCCCCCCCC/C=C\CCCCCCCCCC. The Morgan fingerprint density at radius 3 is 1.14 bits per heavy atom. The van der Waals surface area contributed by atoms with Gasteiger partial charge in [0.2, 0.25) is 5.91 Å². The van der Waals surface area contributed by atoms with E-state index in [2.05, 4.69) is 55.6 Å². The van der Waals surface area contributed by atoms with Gasteiger partial charge in [-0.05, 0) is 64.2 Å². The number of rotatable bonds is 56. The molecule has 17 atom stereocenters. The van der Waals surface area contributed by atoms with Crippen LogP contribution < -0.4 is 5.32 Å². The van der Waals surface area contributed by atoms with E-state index in [0.717, 1.165) is 51.4 Å². The zero-order valence-corrected chi connectivity index (χ0v) is 56.3. The molecule has 1 amide bonds. The van der Waals surface area contributed by atoms with Crippen molar-refractivity contribution < 1.29 is 89.4 Å². The Bertz CT molecular complexity index is 1840. The number of carbonyl (C=O) groups is 1. The summed E-state index contributed by atoms with van der Waals surface area (Å²) in [5, 5.41) is 120. The zero-order chi connectivity index (χ0) is 66.1. The van der Waals surface area contributed by atoms with Crippen molar-refractivity contribution in [3.63, 3.8) is 0 Å². The van der Waals surface area contributed by atoms with Gasteiger partial charge in [0.05, 0.1) is 38.6 Å². The number of carbonyl (C=O) groups excluding carboxylic acids is 1. The van der Waals surface area contributed by atoms with Crippen molar-refractivity contribution in [2.45, 2.75) is 375 Å². The minimum absolute atomic E-state index is 0.234. The number of ether oxygens (including phenoxy) is 6. The van der Waals surface area contributed by atoms with Crippen LogP contribution >= 0.6 is 0 Å². The van der Waals surface area contributed by atoms with Gasteiger partial charge in [-0.1, -0.05) is 249 Å². The van der Waals surface area contributed by atoms with Gasteiger partial charge >= 0.3 is 0 Å². The van der Waals surface area contributed by atoms with E-state index in [1.807, 2.05) is 6.08 Å². The Labute approximate surface area is 548 Å². The van der Waals surface area contributed by atoms with Gasteiger partial charge in [-0.2, -0.15) is 0 Å². The largest absolute Gasteiger partial charge is 0.394 e. The summed E-state index contributed by atoms with van der Waals surface area (Å²) in [7, 11) is 0. The van der Waals surface area contributed by atoms with Crippen LogP contribution in [0.25, 0.3) is 0 Å². The fourth-order valence-electron chi connectivity index (χ4n) is 12.2. The average Bonchev–Trinajstić information content (AvgIpc) is 0.850. The number of hydrogen-bond acceptors (Lipinski definition) is 18. The molecule has 0 radical (unpaired) electrons. The highest BCUT2D eigenvalue weighted by Crippen LogP contribution is 2.33. The van der Waals surface area contributed by atoms with Gasteiger partial charge < -0.3 is 89.9 Å². The molecule has 3 heterocycles. The summed E-state index contributed by atoms with van der Waals surface area (Å²) >= 11 is 0. The Morgan fingerprint density at radius 1 is 0.385 bits per heavy atom. The van der Waals surface area contributed by atoms with Gasteiger partial charge in [-0.15, -0.1) is 0 Å². The van der Waals surface area contributed by atoms with Crippen LogP contribution in [0.15, 0.2) is 48.6 Å². The maximum Gasteiger partial charge on any atom is 0.220 e. The molecule has 532 valence electrons. The summed E-state index contributed by atoms with van der Waals surface area (Å²) in [5.74, 6) is -0.288. The van der Waals surface area contributed by atoms with Crippen molar-refractivity contribution in [1.82, 2.24) is 5.32 Å². The highest BCUT2D eigenvalue weighted by molar-refractivity contribution is 5.76. The number of allylic oxidation sites excluding steroid dienone is 7. The van der Waals surface area contributed by atoms with Crippen LogP contribution in [0, 0.1) is 0 Å². The first-order valence-corrected chi connectivity index (χ1v) is 36.4. The van der Waals surface area contributed by atoms with Gasteiger partial charge in [0.1, 0.15) is 73.2 Å². The van der Waals surface area contributed by atoms with Gasteiger partial charge in [-0.3, -0.25) is 4.79 Å². The Balaban J connectivity index is 1.31. The predicted molar refractivity (Wildman–Crippen MR) is 356 cm³/mol. The molecule has 0 spiro atoms. The second-order valence-corrected chi connectivity index (χ2v) is 26.0. The van der Waals surface area contributed by atoms with Crippen LogP contribution in [0.4, 0.5) is 0 Å². The van der Waals surface area contributed by atoms with Crippen molar-refractivity contribution in [3.8, 4) is 0 Å². The first-order valence-electron chi connectivity index (χ1n) is 36.4. The van der Waals surface area contributed by atoms with Gasteiger partial charge in [0, 0.05) is 6.42 Å². The molecule has 0 aliphatic carbocycles. The fourth-order valence-corrected chi connectivity index (χ4v) is 12.2. The number of amides is 1. The molecular weight excluding hydrogens is 1170 g/mol. The minimum atomic E-state index is -1.98. The van der Waals surface area contributed by atoms with E-state index in [1.165, 1.54) is 186 Å². The number of aliphatic hydroxyl groups is 11. The fraction of sp³-hybridized carbons (Fsp3) is 0.875. The second-order valence-electron chi connectivity index (χ2n) is 26.0. The normalized spacial score (nSPS) is 28.1. The van der Waals surface area contributed by atoms with Crippen LogP contribution in [-0.4, -0.2) is 193 Å². The van der Waals surface area contributed by atoms with Gasteiger partial charge in [0.25, 0.3) is 0 Å². The molecule has 3 saturated heterocycles. The van der Waals surface area contributed by atoms with E-state index < -0.39 is 124 Å². The van der Waals surface area contributed by atoms with Crippen LogP contribution in [-0.2, 0) is 33.2 Å². The lowest BCUT2D eigenvalue weighted by Crippen LogP contribution is -2.66. The van der Waals surface area contributed by atoms with Crippen molar-refractivity contribution in [2.24, 2.45) is 0 Å². The number of aliphatic hydroxyl groups excluding tert-OH is 11. The first-order chi connectivity index (χ1) is 44.3. The molecule has 12 N–H and O–H groups in total. The standard InChI is InChI=1S/C72H131NO18/c1-3-5-7-9-11-13-15-16-17-18-19-20-21-22-23-24-25-26-27-28-29-30-31-32-33-34-35-36-37-38-40-42-44-46-48-50-60(78)73-55(56(77)49-47-45-43-41-39-14-12-10-8-6-4-2)54-86-70-66(84)63(81)68(58(52-75)88-70)91-72-67(85)64(82)69(59(53-76)89-72)90-71-65(83)62(80)61(79)57(51-74)87-71/h8,10,18-19,39,41,47,49,55-59,61-72,74-77,79-85H,3-7,9,11-17,20-38,40,42-46,48,50-54H2,1-2H3,(H,73,78)/b10-8+,19-18-,41-39+,49-47+. The molecule has 3 rings (SSSR count). The molecular formula is C72H131NO18. The van der Waals surface area contributed by atoms with Crippen LogP contribution in [0.2, 0.25) is 0 Å². The smallest absolute Gasteiger partial charge is 0.220 e. The van der Waals surface area contributed by atoms with Crippen LogP contribution in [0.3, 0.4) is 0 Å². The lowest BCUT2D eigenvalue weighted by atomic mass is 9.96. The lowest BCUT2D eigenvalue weighted by molar-refractivity contribution is -0.379. The van der Waals surface area contributed by atoms with Crippen LogP contribution in [0.5, 0.6) is 0 Å². The van der Waals surface area contributed by atoms with Crippen molar-refractivity contribution >= 4 is 5.91 Å². The number of unbranched alkanes of at least 4 members (excludes halogenated alkanes) is 34. The van der Waals surface area contributed by atoms with Crippen molar-refractivity contribution in [3.05, 3.63) is 48.6 Å². The topological polar surface area (TPSA) is 307 Å². The molecule has 91 heavy (non-hydrogen) atoms. The molecule has 0 aromatic carbocycles. The Hall–Kier alpha value is -2.25. The summed E-state index contributed by atoms with van der Waals surface area (Å²) in [6.07, 6.45) is 38.6. The van der Waals surface area contributed by atoms with Crippen LogP contribution in [0.1, 0.15) is 271 Å². The quantitative estimate of drug-likeness (QED) is 0.0199. The Morgan fingerprint density at radius 2 is 0.725 bits per heavy atom. The summed E-state index contributed by atoms with van der Waals surface area (Å²) in [4.78, 5) is 13.4. The predicted octanol–water partition coefficient (Wildman–Crippen LogP) is 10.2. The molecule has 19 nitrogen and oxygen atoms in total. The maximum atomic E-state index is 13.4. The monoisotopic (exact) mass is 1300 g/mol. The first kappa shape index (κ1) is 83.0. The highest BCUT2D eigenvalue weighted by Gasteiger charge is 2.53. The molecule has 0 saturated carbocycles. The van der Waals surface area contributed by atoms with Crippen molar-refractivity contribution in [2.75, 3.05) is 26.4 Å². The van der Waals surface area contributed by atoms with E-state index in [1.54, 1.807) is 6.08 Å². The Kier molecular flexibility index (Phi) is 49.1. The molecule has 0 aromatic heterocycles. The van der Waals surface area contributed by atoms with E-state index in [0.29, 0.717) is 12.8 Å². The third-order valence-corrected chi connectivity index (χ3v) is 18.1. The molecule has 3 aliphatic rings.